The van der Waals surface area contributed by atoms with Crippen LogP contribution >= 0.6 is 11.8 Å². The van der Waals surface area contributed by atoms with E-state index in [9.17, 15) is 4.79 Å². The quantitative estimate of drug-likeness (QED) is 0.558. The largest absolute Gasteiger partial charge is 0.378 e. The average Bonchev–Trinajstić information content (AvgIpc) is 3.14. The van der Waals surface area contributed by atoms with E-state index < -0.39 is 0 Å². The Morgan fingerprint density at radius 2 is 1.69 bits per heavy atom. The normalized spacial score (nSPS) is 10.8. The zero-order chi connectivity index (χ0) is 21.0. The van der Waals surface area contributed by atoms with Gasteiger partial charge in [-0.3, -0.25) is 4.79 Å². The van der Waals surface area contributed by atoms with E-state index in [1.165, 1.54) is 11.8 Å². The number of benzene rings is 2. The van der Waals surface area contributed by atoms with Gasteiger partial charge in [0.05, 0.1) is 11.4 Å². The van der Waals surface area contributed by atoms with Crippen LogP contribution in [0.25, 0.3) is 5.69 Å². The first-order valence-electron chi connectivity index (χ1n) is 9.35. The summed E-state index contributed by atoms with van der Waals surface area (Å²) in [7, 11) is 5.83. The van der Waals surface area contributed by atoms with Crippen molar-refractivity contribution in [1.82, 2.24) is 25.1 Å². The van der Waals surface area contributed by atoms with Crippen molar-refractivity contribution in [2.45, 2.75) is 25.5 Å². The Morgan fingerprint density at radius 1 is 1.03 bits per heavy atom. The van der Waals surface area contributed by atoms with Crippen LogP contribution in [0.15, 0.2) is 47.6 Å². The van der Waals surface area contributed by atoms with Crippen molar-refractivity contribution in [3.63, 3.8) is 0 Å². The fourth-order valence-electron chi connectivity index (χ4n) is 3.05. The van der Waals surface area contributed by atoms with Gasteiger partial charge in [-0.25, -0.2) is 0 Å². The Morgan fingerprint density at radius 3 is 2.31 bits per heavy atom. The number of carbonyl (C=O) groups excluding carboxylic acids is 1. The molecule has 0 aliphatic heterocycles. The molecule has 0 radical (unpaired) electrons. The number of aryl methyl sites for hydroxylation is 2. The highest BCUT2D eigenvalue weighted by molar-refractivity contribution is 7.99. The molecule has 0 aliphatic carbocycles. The first-order valence-corrected chi connectivity index (χ1v) is 10.3. The average molecular weight is 411 g/mol. The first kappa shape index (κ1) is 20.9. The number of para-hydroxylation sites is 1. The molecule has 7 nitrogen and oxygen atoms in total. The van der Waals surface area contributed by atoms with Gasteiger partial charge in [0.2, 0.25) is 11.1 Å². The molecule has 0 saturated carbocycles. The van der Waals surface area contributed by atoms with Crippen LogP contribution in [0.3, 0.4) is 0 Å². The zero-order valence-electron chi connectivity index (χ0n) is 17.5. The summed E-state index contributed by atoms with van der Waals surface area (Å²) in [5, 5.41) is 12.7. The molecule has 0 bridgehead atoms. The number of hydrogen-bond donors (Lipinski definition) is 0. The highest BCUT2D eigenvalue weighted by Crippen LogP contribution is 2.23. The van der Waals surface area contributed by atoms with E-state index in [1.807, 2.05) is 65.3 Å². The zero-order valence-corrected chi connectivity index (χ0v) is 18.3. The number of aromatic nitrogens is 4. The molecule has 0 fully saturated rings. The van der Waals surface area contributed by atoms with Crippen molar-refractivity contribution in [2.24, 2.45) is 0 Å². The van der Waals surface area contributed by atoms with Crippen molar-refractivity contribution in [3.8, 4) is 5.69 Å². The molecule has 152 valence electrons. The molecule has 1 heterocycles. The smallest absolute Gasteiger partial charge is 0.233 e. The van der Waals surface area contributed by atoms with E-state index in [2.05, 4.69) is 32.6 Å². The molecular formula is C21H26N6OS. The Bertz CT molecular complexity index is 963. The molecule has 0 N–H and O–H groups in total. The van der Waals surface area contributed by atoms with Crippen LogP contribution in [-0.2, 0) is 11.3 Å². The number of amides is 1. The minimum atomic E-state index is 0.0303. The summed E-state index contributed by atoms with van der Waals surface area (Å²) >= 11 is 1.35. The Labute approximate surface area is 175 Å². The first-order chi connectivity index (χ1) is 13.9. The lowest BCUT2D eigenvalue weighted by Gasteiger charge is -2.18. The van der Waals surface area contributed by atoms with Crippen LogP contribution in [0.1, 0.15) is 16.7 Å². The molecule has 29 heavy (non-hydrogen) atoms. The lowest BCUT2D eigenvalue weighted by atomic mass is 10.1. The molecule has 3 rings (SSSR count). The summed E-state index contributed by atoms with van der Waals surface area (Å²) in [6, 6.07) is 14.3. The van der Waals surface area contributed by atoms with Gasteiger partial charge < -0.3 is 9.80 Å². The van der Waals surface area contributed by atoms with Gasteiger partial charge in [-0.2, -0.15) is 4.68 Å². The number of anilines is 1. The van der Waals surface area contributed by atoms with Crippen LogP contribution in [0.4, 0.5) is 5.69 Å². The van der Waals surface area contributed by atoms with Crippen molar-refractivity contribution in [1.29, 1.82) is 0 Å². The third-order valence-electron chi connectivity index (χ3n) is 4.72. The molecule has 8 heteroatoms. The Kier molecular flexibility index (Phi) is 6.53. The number of hydrogen-bond acceptors (Lipinski definition) is 6. The second-order valence-corrected chi connectivity index (χ2v) is 8.16. The van der Waals surface area contributed by atoms with E-state index >= 15 is 0 Å². The highest BCUT2D eigenvalue weighted by Gasteiger charge is 2.16. The predicted octanol–water partition coefficient (Wildman–Crippen LogP) is 3.10. The van der Waals surface area contributed by atoms with Crippen molar-refractivity contribution < 1.29 is 4.79 Å². The fourth-order valence-corrected chi connectivity index (χ4v) is 3.86. The van der Waals surface area contributed by atoms with Gasteiger partial charge in [-0.05, 0) is 53.1 Å². The molecule has 0 spiro atoms. The molecule has 1 aromatic heterocycles. The van der Waals surface area contributed by atoms with E-state index in [-0.39, 0.29) is 11.7 Å². The molecule has 3 aromatic rings. The Hall–Kier alpha value is -2.87. The lowest BCUT2D eigenvalue weighted by Crippen LogP contribution is -2.28. The lowest BCUT2D eigenvalue weighted by molar-refractivity contribution is -0.127. The van der Waals surface area contributed by atoms with E-state index in [0.29, 0.717) is 11.7 Å². The maximum absolute atomic E-state index is 12.6. The van der Waals surface area contributed by atoms with Crippen molar-refractivity contribution in [2.75, 3.05) is 31.8 Å². The van der Waals surface area contributed by atoms with E-state index in [0.717, 1.165) is 28.1 Å². The summed E-state index contributed by atoms with van der Waals surface area (Å²) in [6.07, 6.45) is 0. The summed E-state index contributed by atoms with van der Waals surface area (Å²) in [5.74, 6) is 0.306. The van der Waals surface area contributed by atoms with Gasteiger partial charge in [0.1, 0.15) is 0 Å². The topological polar surface area (TPSA) is 67.2 Å². The molecular weight excluding hydrogens is 384 g/mol. The van der Waals surface area contributed by atoms with Gasteiger partial charge in [-0.15, -0.1) is 5.10 Å². The number of rotatable bonds is 7. The molecule has 0 saturated heterocycles. The standard InChI is InChI=1S/C21H26N6OS/c1-15-7-6-8-16(2)20(15)27-21(22-23-24-27)29-14-19(28)26(5)13-17-9-11-18(12-10-17)25(3)4/h6-12H,13-14H2,1-5H3. The molecule has 0 unspecified atom stereocenters. The minimum absolute atomic E-state index is 0.0303. The highest BCUT2D eigenvalue weighted by atomic mass is 32.2. The van der Waals surface area contributed by atoms with Gasteiger partial charge in [0.15, 0.2) is 0 Å². The maximum atomic E-state index is 12.6. The van der Waals surface area contributed by atoms with E-state index in [4.69, 9.17) is 0 Å². The summed E-state index contributed by atoms with van der Waals surface area (Å²) in [6.45, 7) is 4.62. The number of thioether (sulfide) groups is 1. The van der Waals surface area contributed by atoms with Crippen LogP contribution in [0, 0.1) is 13.8 Å². The molecule has 0 aliphatic rings. The third kappa shape index (κ3) is 4.95. The maximum Gasteiger partial charge on any atom is 0.233 e. The second-order valence-electron chi connectivity index (χ2n) is 7.21. The summed E-state index contributed by atoms with van der Waals surface area (Å²) in [4.78, 5) is 16.4. The van der Waals surface area contributed by atoms with Crippen molar-refractivity contribution in [3.05, 3.63) is 59.2 Å². The van der Waals surface area contributed by atoms with Crippen LogP contribution in [0.5, 0.6) is 0 Å². The second kappa shape index (κ2) is 9.09. The molecule has 2 aromatic carbocycles. The Balaban J connectivity index is 1.63. The van der Waals surface area contributed by atoms with Gasteiger partial charge in [-0.1, -0.05) is 42.1 Å². The van der Waals surface area contributed by atoms with Crippen molar-refractivity contribution >= 4 is 23.4 Å². The molecule has 0 atom stereocenters. The third-order valence-corrected chi connectivity index (χ3v) is 5.62. The number of tetrazole rings is 1. The fraction of sp³-hybridized carbons (Fsp3) is 0.333. The predicted molar refractivity (Wildman–Crippen MR) is 117 cm³/mol. The van der Waals surface area contributed by atoms with Crippen LogP contribution in [0.2, 0.25) is 0 Å². The van der Waals surface area contributed by atoms with Gasteiger partial charge in [0.25, 0.3) is 0 Å². The van der Waals surface area contributed by atoms with Gasteiger partial charge in [0, 0.05) is 33.4 Å². The number of nitrogens with zero attached hydrogens (tertiary/aromatic N) is 6. The molecule has 1 amide bonds. The summed E-state index contributed by atoms with van der Waals surface area (Å²) in [5.41, 5.74) is 5.36. The van der Waals surface area contributed by atoms with Crippen LogP contribution < -0.4 is 4.90 Å². The summed E-state index contributed by atoms with van der Waals surface area (Å²) < 4.78 is 1.71. The number of carbonyl (C=O) groups is 1. The van der Waals surface area contributed by atoms with Gasteiger partial charge >= 0.3 is 0 Å². The minimum Gasteiger partial charge on any atom is -0.378 e. The van der Waals surface area contributed by atoms with Crippen LogP contribution in [-0.4, -0.2) is 57.9 Å². The van der Waals surface area contributed by atoms with E-state index in [1.54, 1.807) is 9.58 Å². The SMILES string of the molecule is Cc1cccc(C)c1-n1nnnc1SCC(=O)N(C)Cc1ccc(N(C)C)cc1. The monoisotopic (exact) mass is 410 g/mol.